The summed E-state index contributed by atoms with van der Waals surface area (Å²) in [7, 11) is 0. The van der Waals surface area contributed by atoms with Gasteiger partial charge in [0.1, 0.15) is 0 Å². The summed E-state index contributed by atoms with van der Waals surface area (Å²) in [5.74, 6) is 0. The first kappa shape index (κ1) is 13.2. The highest BCUT2D eigenvalue weighted by atomic mass is 32.1. The lowest BCUT2D eigenvalue weighted by Crippen LogP contribution is -2.48. The van der Waals surface area contributed by atoms with Crippen LogP contribution in [0.3, 0.4) is 0 Å². The number of hydrogen-bond acceptors (Lipinski definition) is 2. The summed E-state index contributed by atoms with van der Waals surface area (Å²) in [6.07, 6.45) is 1.95. The van der Waals surface area contributed by atoms with Gasteiger partial charge in [-0.15, -0.1) is 0 Å². The molecule has 5 nitrogen and oxygen atoms in total. The Morgan fingerprint density at radius 1 is 1.24 bits per heavy atom. The fourth-order valence-electron chi connectivity index (χ4n) is 1.30. The van der Waals surface area contributed by atoms with Gasteiger partial charge in [0.25, 0.3) is 0 Å². The Labute approximate surface area is 106 Å². The van der Waals surface area contributed by atoms with Crippen molar-refractivity contribution in [3.63, 3.8) is 0 Å². The van der Waals surface area contributed by atoms with Gasteiger partial charge < -0.3 is 11.1 Å². The van der Waals surface area contributed by atoms with Crippen molar-refractivity contribution in [2.24, 2.45) is 5.73 Å². The quantitative estimate of drug-likeness (QED) is 0.361. The molecule has 0 heterocycles. The Morgan fingerprint density at radius 3 is 2.59 bits per heavy atom. The molecule has 0 unspecified atom stereocenters. The Bertz CT molecular complexity index is 369. The van der Waals surface area contributed by atoms with Gasteiger partial charge in [-0.1, -0.05) is 30.3 Å². The van der Waals surface area contributed by atoms with Crippen molar-refractivity contribution in [3.8, 4) is 0 Å². The zero-order valence-electron chi connectivity index (χ0n) is 9.40. The van der Waals surface area contributed by atoms with Crippen molar-refractivity contribution in [3.05, 3.63) is 35.9 Å². The Kier molecular flexibility index (Phi) is 5.81. The molecule has 0 spiro atoms. The topological polar surface area (TPSA) is 79.2 Å². The Morgan fingerprint density at radius 2 is 1.94 bits per heavy atom. The summed E-state index contributed by atoms with van der Waals surface area (Å²) < 4.78 is 0. The summed E-state index contributed by atoms with van der Waals surface area (Å²) >= 11 is 4.91. The predicted molar refractivity (Wildman–Crippen MR) is 71.2 cm³/mol. The van der Waals surface area contributed by atoms with Crippen LogP contribution in [-0.2, 0) is 6.42 Å². The van der Waals surface area contributed by atoms with E-state index in [0.717, 1.165) is 19.4 Å². The molecule has 0 bridgehead atoms. The number of carbonyl (C=O) groups excluding carboxylic acids is 1. The number of hydrazine groups is 1. The third-order valence-corrected chi connectivity index (χ3v) is 2.32. The number of carbonyl (C=O) groups is 1. The van der Waals surface area contributed by atoms with E-state index in [4.69, 9.17) is 18.0 Å². The second-order valence-electron chi connectivity index (χ2n) is 3.46. The zero-order chi connectivity index (χ0) is 12.5. The van der Waals surface area contributed by atoms with Crippen molar-refractivity contribution < 1.29 is 4.79 Å². The van der Waals surface area contributed by atoms with E-state index in [1.807, 2.05) is 18.2 Å². The van der Waals surface area contributed by atoms with E-state index in [1.54, 1.807) is 0 Å². The molecule has 1 aromatic carbocycles. The molecule has 0 aliphatic heterocycles. The molecule has 0 aliphatic rings. The number of hydrogen-bond donors (Lipinski definition) is 4. The van der Waals surface area contributed by atoms with Crippen LogP contribution in [0, 0.1) is 0 Å². The molecular formula is C11H16N4OS. The third-order valence-electron chi connectivity index (χ3n) is 2.07. The molecule has 0 saturated carbocycles. The molecule has 5 N–H and O–H groups in total. The first-order valence-electron chi connectivity index (χ1n) is 5.31. The summed E-state index contributed by atoms with van der Waals surface area (Å²) in [5.41, 5.74) is 10.8. The van der Waals surface area contributed by atoms with E-state index >= 15 is 0 Å². The van der Waals surface area contributed by atoms with Crippen LogP contribution < -0.4 is 21.9 Å². The average Bonchev–Trinajstić information content (AvgIpc) is 2.33. The number of rotatable bonds is 4. The van der Waals surface area contributed by atoms with Crippen LogP contribution in [0.1, 0.15) is 12.0 Å². The van der Waals surface area contributed by atoms with E-state index < -0.39 is 6.03 Å². The van der Waals surface area contributed by atoms with Crippen molar-refractivity contribution in [2.75, 3.05) is 6.54 Å². The Hall–Kier alpha value is -1.82. The summed E-state index contributed by atoms with van der Waals surface area (Å²) in [4.78, 5) is 10.4. The summed E-state index contributed by atoms with van der Waals surface area (Å²) in [6.45, 7) is 0.737. The minimum absolute atomic E-state index is 0.358. The van der Waals surface area contributed by atoms with Gasteiger partial charge in [0.2, 0.25) is 0 Å². The maximum atomic E-state index is 10.4. The molecule has 17 heavy (non-hydrogen) atoms. The lowest BCUT2D eigenvalue weighted by atomic mass is 10.1. The average molecular weight is 252 g/mol. The molecular weight excluding hydrogens is 236 g/mol. The molecule has 1 aromatic rings. The summed E-state index contributed by atoms with van der Waals surface area (Å²) in [6, 6.07) is 9.54. The highest BCUT2D eigenvalue weighted by Gasteiger charge is 1.96. The van der Waals surface area contributed by atoms with Crippen molar-refractivity contribution in [1.29, 1.82) is 0 Å². The largest absolute Gasteiger partial charge is 0.361 e. The maximum Gasteiger partial charge on any atom is 0.330 e. The first-order chi connectivity index (χ1) is 8.18. The number of primary amides is 1. The van der Waals surface area contributed by atoms with E-state index in [2.05, 4.69) is 28.3 Å². The van der Waals surface area contributed by atoms with Gasteiger partial charge in [0, 0.05) is 6.54 Å². The monoisotopic (exact) mass is 252 g/mol. The van der Waals surface area contributed by atoms with Gasteiger partial charge >= 0.3 is 6.03 Å². The van der Waals surface area contributed by atoms with Gasteiger partial charge in [0.05, 0.1) is 0 Å². The first-order valence-corrected chi connectivity index (χ1v) is 5.72. The van der Waals surface area contributed by atoms with Gasteiger partial charge in [-0.2, -0.15) is 0 Å². The predicted octanol–water partition coefficient (Wildman–Crippen LogP) is 0.667. The molecule has 0 radical (unpaired) electrons. The van der Waals surface area contributed by atoms with Gasteiger partial charge in [-0.25, -0.2) is 10.2 Å². The second kappa shape index (κ2) is 7.45. The van der Waals surface area contributed by atoms with E-state index in [1.165, 1.54) is 5.56 Å². The minimum atomic E-state index is -0.668. The van der Waals surface area contributed by atoms with Crippen LogP contribution in [0.15, 0.2) is 30.3 Å². The van der Waals surface area contributed by atoms with Crippen LogP contribution in [0.2, 0.25) is 0 Å². The smallest absolute Gasteiger partial charge is 0.330 e. The van der Waals surface area contributed by atoms with Crippen LogP contribution in [-0.4, -0.2) is 17.7 Å². The molecule has 1 rings (SSSR count). The second-order valence-corrected chi connectivity index (χ2v) is 3.87. The van der Waals surface area contributed by atoms with Crippen molar-refractivity contribution >= 4 is 23.4 Å². The molecule has 0 aliphatic carbocycles. The fraction of sp³-hybridized carbons (Fsp3) is 0.273. The molecule has 2 amide bonds. The lowest BCUT2D eigenvalue weighted by molar-refractivity contribution is 0.247. The molecule has 6 heteroatoms. The molecule has 92 valence electrons. The standard InChI is InChI=1S/C11H16N4OS/c12-10(16)14-15-11(17)13-8-4-7-9-5-2-1-3-6-9/h1-3,5-6H,4,7-8H2,(H3,12,14,16)(H2,13,15,17). The number of nitrogens with one attached hydrogen (secondary N) is 3. The Balaban J connectivity index is 2.08. The molecule has 0 saturated heterocycles. The van der Waals surface area contributed by atoms with Crippen molar-refractivity contribution in [2.45, 2.75) is 12.8 Å². The molecule has 0 fully saturated rings. The number of amides is 2. The SMILES string of the molecule is NC(=O)NNC(=S)NCCCc1ccccc1. The van der Waals surface area contributed by atoms with Gasteiger partial charge in [-0.3, -0.25) is 5.43 Å². The van der Waals surface area contributed by atoms with Gasteiger partial charge in [-0.05, 0) is 30.6 Å². The minimum Gasteiger partial charge on any atom is -0.361 e. The lowest BCUT2D eigenvalue weighted by Gasteiger charge is -2.09. The van der Waals surface area contributed by atoms with E-state index in [0.29, 0.717) is 5.11 Å². The highest BCUT2D eigenvalue weighted by Crippen LogP contribution is 2.01. The van der Waals surface area contributed by atoms with Crippen LogP contribution in [0.5, 0.6) is 0 Å². The van der Waals surface area contributed by atoms with Crippen molar-refractivity contribution in [1.82, 2.24) is 16.2 Å². The van der Waals surface area contributed by atoms with E-state index in [9.17, 15) is 4.79 Å². The number of urea groups is 1. The highest BCUT2D eigenvalue weighted by molar-refractivity contribution is 7.80. The van der Waals surface area contributed by atoms with Crippen LogP contribution in [0.4, 0.5) is 4.79 Å². The normalized spacial score (nSPS) is 9.41. The summed E-state index contributed by atoms with van der Waals surface area (Å²) in [5, 5.41) is 3.32. The number of benzene rings is 1. The van der Waals surface area contributed by atoms with Crippen LogP contribution >= 0.6 is 12.2 Å². The third kappa shape index (κ3) is 6.36. The van der Waals surface area contributed by atoms with E-state index in [-0.39, 0.29) is 0 Å². The molecule has 0 aromatic heterocycles. The zero-order valence-corrected chi connectivity index (χ0v) is 10.2. The number of nitrogens with two attached hydrogens (primary N) is 1. The molecule has 0 atom stereocenters. The maximum absolute atomic E-state index is 10.4. The fourth-order valence-corrected chi connectivity index (χ4v) is 1.45. The number of aryl methyl sites for hydroxylation is 1. The number of thiocarbonyl (C=S) groups is 1. The van der Waals surface area contributed by atoms with Gasteiger partial charge in [0.15, 0.2) is 5.11 Å². The van der Waals surface area contributed by atoms with Crippen LogP contribution in [0.25, 0.3) is 0 Å².